The molecule has 3 aliphatic rings. The van der Waals surface area contributed by atoms with Crippen LogP contribution in [0.2, 0.25) is 0 Å². The molecular formula is C16H21NO2. The van der Waals surface area contributed by atoms with Crippen LogP contribution in [0.25, 0.3) is 0 Å². The van der Waals surface area contributed by atoms with Gasteiger partial charge in [-0.25, -0.2) is 0 Å². The summed E-state index contributed by atoms with van der Waals surface area (Å²) in [6, 6.07) is 0. The summed E-state index contributed by atoms with van der Waals surface area (Å²) in [4.78, 5) is 12.0. The quantitative estimate of drug-likeness (QED) is 0.775. The number of carbonyl (C=O) groups is 1. The van der Waals surface area contributed by atoms with Gasteiger partial charge < -0.3 is 10.1 Å². The molecule has 2 aliphatic carbocycles. The first-order valence-electron chi connectivity index (χ1n) is 7.06. The van der Waals surface area contributed by atoms with Crippen molar-refractivity contribution in [3.05, 3.63) is 36.2 Å². The minimum absolute atomic E-state index is 0.0290. The monoisotopic (exact) mass is 259 g/mol. The fourth-order valence-corrected chi connectivity index (χ4v) is 4.36. The number of ether oxygens (including phenoxy) is 1. The van der Waals surface area contributed by atoms with E-state index in [0.29, 0.717) is 11.8 Å². The van der Waals surface area contributed by atoms with Crippen LogP contribution in [0, 0.1) is 23.2 Å². The molecule has 3 nitrogen and oxygen atoms in total. The van der Waals surface area contributed by atoms with Crippen LogP contribution in [-0.2, 0) is 9.53 Å². The maximum atomic E-state index is 12.0. The zero-order valence-electron chi connectivity index (χ0n) is 11.6. The molecule has 0 saturated heterocycles. The molecule has 4 atom stereocenters. The third-order valence-electron chi connectivity index (χ3n) is 5.37. The molecule has 0 aromatic carbocycles. The van der Waals surface area contributed by atoms with Gasteiger partial charge in [-0.3, -0.25) is 4.79 Å². The van der Waals surface area contributed by atoms with E-state index < -0.39 is 0 Å². The minimum Gasteiger partial charge on any atom is -0.469 e. The summed E-state index contributed by atoms with van der Waals surface area (Å²) in [5, 5.41) is 3.41. The maximum absolute atomic E-state index is 12.0. The molecule has 19 heavy (non-hydrogen) atoms. The summed E-state index contributed by atoms with van der Waals surface area (Å²) in [6.45, 7) is 2.31. The molecule has 1 heterocycles. The van der Waals surface area contributed by atoms with Gasteiger partial charge in [-0.2, -0.15) is 0 Å². The predicted molar refractivity (Wildman–Crippen MR) is 73.9 cm³/mol. The second-order valence-electron chi connectivity index (χ2n) is 6.00. The number of allylic oxidation sites excluding steroid dienone is 5. The Morgan fingerprint density at radius 3 is 3.00 bits per heavy atom. The van der Waals surface area contributed by atoms with Gasteiger partial charge in [0.15, 0.2) is 0 Å². The second-order valence-corrected chi connectivity index (χ2v) is 6.00. The summed E-state index contributed by atoms with van der Waals surface area (Å²) < 4.78 is 4.99. The number of hydrogen-bond acceptors (Lipinski definition) is 3. The Balaban J connectivity index is 1.92. The summed E-state index contributed by atoms with van der Waals surface area (Å²) in [6.07, 6.45) is 13.6. The van der Waals surface area contributed by atoms with Crippen LogP contribution in [0.1, 0.15) is 26.2 Å². The second kappa shape index (κ2) is 4.55. The summed E-state index contributed by atoms with van der Waals surface area (Å²) >= 11 is 0. The van der Waals surface area contributed by atoms with Gasteiger partial charge in [0.2, 0.25) is 0 Å². The average molecular weight is 259 g/mol. The summed E-state index contributed by atoms with van der Waals surface area (Å²) in [5.74, 6) is 1.04. The highest BCUT2D eigenvalue weighted by atomic mass is 16.5. The predicted octanol–water partition coefficient (Wildman–Crippen LogP) is 2.77. The van der Waals surface area contributed by atoms with E-state index in [1.165, 1.54) is 19.2 Å². The van der Waals surface area contributed by atoms with Gasteiger partial charge >= 0.3 is 5.97 Å². The molecule has 3 rings (SSSR count). The van der Waals surface area contributed by atoms with E-state index in [0.717, 1.165) is 12.8 Å². The van der Waals surface area contributed by atoms with E-state index in [9.17, 15) is 4.79 Å². The summed E-state index contributed by atoms with van der Waals surface area (Å²) in [5.41, 5.74) is 1.33. The normalized spacial score (nSPS) is 39.7. The lowest BCUT2D eigenvalue weighted by Gasteiger charge is -2.33. The molecule has 2 bridgehead atoms. The molecule has 0 amide bonds. The molecule has 1 aliphatic heterocycles. The number of fused-ring (bicyclic) bond motifs is 2. The van der Waals surface area contributed by atoms with E-state index in [-0.39, 0.29) is 17.3 Å². The number of nitrogens with one attached hydrogen (secondary N) is 1. The largest absolute Gasteiger partial charge is 0.469 e. The van der Waals surface area contributed by atoms with Crippen LogP contribution < -0.4 is 5.32 Å². The van der Waals surface area contributed by atoms with Crippen LogP contribution in [-0.4, -0.2) is 13.1 Å². The number of rotatable bonds is 2. The third kappa shape index (κ3) is 1.75. The van der Waals surface area contributed by atoms with Crippen LogP contribution in [0.4, 0.5) is 0 Å². The number of carbonyl (C=O) groups excluding carboxylic acids is 1. The Hall–Kier alpha value is -1.51. The Kier molecular flexibility index (Phi) is 3.00. The molecule has 0 aromatic rings. The van der Waals surface area contributed by atoms with Gasteiger partial charge in [0.05, 0.1) is 13.0 Å². The number of methoxy groups -OCH3 is 1. The zero-order valence-corrected chi connectivity index (χ0v) is 11.6. The van der Waals surface area contributed by atoms with Crippen molar-refractivity contribution in [2.45, 2.75) is 26.2 Å². The van der Waals surface area contributed by atoms with E-state index >= 15 is 0 Å². The van der Waals surface area contributed by atoms with Crippen molar-refractivity contribution >= 4 is 5.97 Å². The Morgan fingerprint density at radius 2 is 2.21 bits per heavy atom. The molecule has 2 saturated carbocycles. The van der Waals surface area contributed by atoms with Crippen molar-refractivity contribution < 1.29 is 9.53 Å². The third-order valence-corrected chi connectivity index (χ3v) is 5.37. The Bertz CT molecular complexity index is 477. The molecule has 1 N–H and O–H groups in total. The fraction of sp³-hybridized carbons (Fsp3) is 0.562. The molecule has 4 unspecified atom stereocenters. The Labute approximate surface area is 114 Å². The van der Waals surface area contributed by atoms with Gasteiger partial charge in [-0.1, -0.05) is 19.1 Å². The topological polar surface area (TPSA) is 38.3 Å². The van der Waals surface area contributed by atoms with E-state index in [1.54, 1.807) is 0 Å². The molecule has 102 valence electrons. The van der Waals surface area contributed by atoms with Crippen molar-refractivity contribution in [3.8, 4) is 0 Å². The highest BCUT2D eigenvalue weighted by Gasteiger charge is 2.59. The highest BCUT2D eigenvalue weighted by Crippen LogP contribution is 2.63. The molecule has 0 spiro atoms. The first kappa shape index (κ1) is 12.5. The standard InChI is InChI=1S/C16H21NO2/c1-16(14-6-4-3-5-9-17-14)11-7-8-13(16)12(10-11)15(18)19-2/h3-6,9,11-13,17H,7-8,10H2,1-2H3. The lowest BCUT2D eigenvalue weighted by Crippen LogP contribution is -2.33. The van der Waals surface area contributed by atoms with Gasteiger partial charge in [-0.05, 0) is 43.3 Å². The summed E-state index contributed by atoms with van der Waals surface area (Å²) in [7, 11) is 1.50. The van der Waals surface area contributed by atoms with Crippen molar-refractivity contribution in [1.29, 1.82) is 0 Å². The van der Waals surface area contributed by atoms with Crippen molar-refractivity contribution in [3.63, 3.8) is 0 Å². The zero-order chi connectivity index (χ0) is 13.5. The van der Waals surface area contributed by atoms with Gasteiger partial charge in [0.25, 0.3) is 0 Å². The van der Waals surface area contributed by atoms with Crippen LogP contribution in [0.3, 0.4) is 0 Å². The minimum atomic E-state index is -0.0290. The van der Waals surface area contributed by atoms with Crippen LogP contribution in [0.15, 0.2) is 36.2 Å². The molecule has 0 aromatic heterocycles. The molecule has 3 heteroatoms. The lowest BCUT2D eigenvalue weighted by molar-refractivity contribution is -0.147. The molecular weight excluding hydrogens is 238 g/mol. The van der Waals surface area contributed by atoms with Gasteiger partial charge in [-0.15, -0.1) is 0 Å². The van der Waals surface area contributed by atoms with E-state index in [1.807, 2.05) is 18.4 Å². The van der Waals surface area contributed by atoms with E-state index in [2.05, 4.69) is 24.4 Å². The first-order valence-corrected chi connectivity index (χ1v) is 7.06. The maximum Gasteiger partial charge on any atom is 0.308 e. The van der Waals surface area contributed by atoms with Crippen molar-refractivity contribution in [1.82, 2.24) is 5.32 Å². The van der Waals surface area contributed by atoms with Crippen LogP contribution >= 0.6 is 0 Å². The molecule has 0 radical (unpaired) electrons. The average Bonchev–Trinajstić information content (AvgIpc) is 2.78. The number of esters is 1. The van der Waals surface area contributed by atoms with Crippen molar-refractivity contribution in [2.24, 2.45) is 23.2 Å². The smallest absolute Gasteiger partial charge is 0.308 e. The van der Waals surface area contributed by atoms with Crippen molar-refractivity contribution in [2.75, 3.05) is 7.11 Å². The fourth-order valence-electron chi connectivity index (χ4n) is 4.36. The van der Waals surface area contributed by atoms with Gasteiger partial charge in [0, 0.05) is 17.3 Å². The highest BCUT2D eigenvalue weighted by molar-refractivity contribution is 5.73. The first-order chi connectivity index (χ1) is 9.17. The Morgan fingerprint density at radius 1 is 1.37 bits per heavy atom. The van der Waals surface area contributed by atoms with Gasteiger partial charge in [0.1, 0.15) is 0 Å². The lowest BCUT2D eigenvalue weighted by atomic mass is 9.75. The van der Waals surface area contributed by atoms with Crippen LogP contribution in [0.5, 0.6) is 0 Å². The SMILES string of the molecule is COC(=O)C1CC2CCC1C2(C)C1=CC=CC=CN1. The van der Waals surface area contributed by atoms with E-state index in [4.69, 9.17) is 4.74 Å². The number of hydrogen-bond donors (Lipinski definition) is 1. The molecule has 2 fully saturated rings.